The molecule has 5 aromatic heterocycles. The second-order valence-corrected chi connectivity index (χ2v) is 15.7. The van der Waals surface area contributed by atoms with Gasteiger partial charge in [0.2, 0.25) is 0 Å². The van der Waals surface area contributed by atoms with Gasteiger partial charge < -0.3 is 18.9 Å². The Hall–Kier alpha value is -8.50. The number of nitrogens with zero attached hydrogens (tertiary/aromatic N) is 6. The summed E-state index contributed by atoms with van der Waals surface area (Å²) in [5.74, 6) is 5.49. The van der Waals surface area contributed by atoms with Gasteiger partial charge in [-0.1, -0.05) is 36.4 Å². The summed E-state index contributed by atoms with van der Waals surface area (Å²) in [6, 6.07) is 48.7. The van der Waals surface area contributed by atoms with Crippen LogP contribution in [-0.4, -0.2) is 43.3 Å². The van der Waals surface area contributed by atoms with Crippen molar-refractivity contribution in [1.29, 1.82) is 0 Å². The van der Waals surface area contributed by atoms with Crippen molar-refractivity contribution < 1.29 is 18.9 Å². The number of hydrogen-bond donors (Lipinski definition) is 0. The van der Waals surface area contributed by atoms with E-state index in [1.54, 1.807) is 26.6 Å². The third-order valence-electron chi connectivity index (χ3n) is 11.5. The Morgan fingerprint density at radius 3 is 1.22 bits per heavy atom. The highest BCUT2D eigenvalue weighted by Gasteiger charge is 2.17. The molecule has 0 fully saturated rings. The molecule has 0 radical (unpaired) electrons. The van der Waals surface area contributed by atoms with E-state index in [-0.39, 0.29) is 0 Å². The monoisotopic (exact) mass is 836 g/mol. The van der Waals surface area contributed by atoms with E-state index < -0.39 is 0 Å². The molecule has 0 aliphatic heterocycles. The molecule has 11 aromatic rings. The van der Waals surface area contributed by atoms with E-state index in [1.807, 2.05) is 73.1 Å². The van der Waals surface area contributed by atoms with Gasteiger partial charge in [0.05, 0.1) is 60.1 Å². The van der Waals surface area contributed by atoms with Gasteiger partial charge in [0, 0.05) is 69.3 Å². The predicted octanol–water partition coefficient (Wildman–Crippen LogP) is 13.0. The fourth-order valence-electron chi connectivity index (χ4n) is 8.50. The number of rotatable bonds is 10. The lowest BCUT2D eigenvalue weighted by Gasteiger charge is -2.13. The van der Waals surface area contributed by atoms with Crippen LogP contribution >= 0.6 is 0 Å². The lowest BCUT2D eigenvalue weighted by atomic mass is 10.1. The number of para-hydroxylation sites is 2. The van der Waals surface area contributed by atoms with Crippen LogP contribution in [0.25, 0.3) is 77.8 Å². The van der Waals surface area contributed by atoms with Gasteiger partial charge in [0.15, 0.2) is 0 Å². The van der Waals surface area contributed by atoms with Crippen molar-refractivity contribution in [3.63, 3.8) is 0 Å². The summed E-state index contributed by atoms with van der Waals surface area (Å²) in [7, 11) is 3.27. The molecule has 0 saturated carbocycles. The van der Waals surface area contributed by atoms with Crippen LogP contribution in [0.5, 0.6) is 34.5 Å². The Morgan fingerprint density at radius 2 is 0.797 bits per heavy atom. The van der Waals surface area contributed by atoms with E-state index in [4.69, 9.17) is 38.9 Å². The highest BCUT2D eigenvalue weighted by Crippen LogP contribution is 2.39. The van der Waals surface area contributed by atoms with Gasteiger partial charge >= 0.3 is 0 Å². The van der Waals surface area contributed by atoms with Gasteiger partial charge in [0.1, 0.15) is 46.1 Å². The lowest BCUT2D eigenvalue weighted by molar-refractivity contribution is 0.409. The molecule has 0 saturated heterocycles. The second kappa shape index (κ2) is 15.8. The first-order chi connectivity index (χ1) is 31.4. The van der Waals surface area contributed by atoms with Crippen molar-refractivity contribution in [2.45, 2.75) is 13.8 Å². The Morgan fingerprint density at radius 1 is 0.375 bits per heavy atom. The van der Waals surface area contributed by atoms with Gasteiger partial charge in [-0.05, 0) is 110 Å². The molecule has 0 spiro atoms. The Balaban J connectivity index is 0.893. The van der Waals surface area contributed by atoms with Crippen LogP contribution in [0.15, 0.2) is 170 Å². The molecular weight excluding hydrogens is 797 g/mol. The minimum atomic E-state index is 0.596. The molecule has 0 bridgehead atoms. The molecule has 64 heavy (non-hydrogen) atoms. The van der Waals surface area contributed by atoms with Crippen LogP contribution in [0.4, 0.5) is 0 Å². The molecule has 10 nitrogen and oxygen atoms in total. The molecule has 0 amide bonds. The molecule has 0 atom stereocenters. The SMILES string of the molecule is COc1cc(Oc2ccc3c4ccccc4n(-c4cc(C)ccn4)c3c2)cc(-c2cnc(-c3cc(OC)cc(Oc4ccc5c6ccccc6n(-c6cc(C)ccn6)c5c4)c3)cn2)c1. The number of hydrogen-bond acceptors (Lipinski definition) is 8. The quantitative estimate of drug-likeness (QED) is 0.134. The van der Waals surface area contributed by atoms with Crippen LogP contribution < -0.4 is 18.9 Å². The first-order valence-corrected chi connectivity index (χ1v) is 20.9. The van der Waals surface area contributed by atoms with E-state index in [2.05, 4.69) is 108 Å². The number of methoxy groups -OCH3 is 2. The van der Waals surface area contributed by atoms with Crippen molar-refractivity contribution in [2.24, 2.45) is 0 Å². The molecular formula is C54H40N6O4. The van der Waals surface area contributed by atoms with E-state index >= 15 is 0 Å². The summed E-state index contributed by atoms with van der Waals surface area (Å²) in [6.07, 6.45) is 7.18. The van der Waals surface area contributed by atoms with E-state index in [0.29, 0.717) is 45.9 Å². The third kappa shape index (κ3) is 6.97. The molecule has 6 aromatic carbocycles. The zero-order valence-corrected chi connectivity index (χ0v) is 35.5. The third-order valence-corrected chi connectivity index (χ3v) is 11.5. The number of ether oxygens (including phenoxy) is 4. The van der Waals surface area contributed by atoms with Gasteiger partial charge in [-0.15, -0.1) is 0 Å². The minimum Gasteiger partial charge on any atom is -0.497 e. The van der Waals surface area contributed by atoms with E-state index in [1.165, 1.54) is 0 Å². The number of aromatic nitrogens is 6. The maximum absolute atomic E-state index is 6.56. The van der Waals surface area contributed by atoms with Crippen LogP contribution in [0, 0.1) is 13.8 Å². The maximum atomic E-state index is 6.56. The first kappa shape index (κ1) is 38.4. The van der Waals surface area contributed by atoms with Crippen molar-refractivity contribution in [1.82, 2.24) is 29.1 Å². The zero-order valence-electron chi connectivity index (χ0n) is 35.5. The summed E-state index contributed by atoms with van der Waals surface area (Å²) in [5.41, 5.74) is 9.28. The molecule has 0 aliphatic rings. The first-order valence-electron chi connectivity index (χ1n) is 20.9. The summed E-state index contributed by atoms with van der Waals surface area (Å²) in [6.45, 7) is 4.15. The van der Waals surface area contributed by atoms with Crippen LogP contribution in [0.1, 0.15) is 11.1 Å². The van der Waals surface area contributed by atoms with Crippen LogP contribution in [0.2, 0.25) is 0 Å². The molecule has 310 valence electrons. The minimum absolute atomic E-state index is 0.596. The Labute approximate surface area is 368 Å². The van der Waals surface area contributed by atoms with Gasteiger partial charge in [-0.3, -0.25) is 19.1 Å². The van der Waals surface area contributed by atoms with E-state index in [9.17, 15) is 0 Å². The van der Waals surface area contributed by atoms with E-state index in [0.717, 1.165) is 77.5 Å². The fraction of sp³-hybridized carbons (Fsp3) is 0.0741. The Bertz CT molecular complexity index is 3340. The maximum Gasteiger partial charge on any atom is 0.137 e. The molecule has 0 aliphatic carbocycles. The number of benzene rings is 6. The molecule has 0 unspecified atom stereocenters. The van der Waals surface area contributed by atoms with Gasteiger partial charge in [0.25, 0.3) is 0 Å². The Kier molecular flexibility index (Phi) is 9.46. The highest BCUT2D eigenvalue weighted by atomic mass is 16.5. The van der Waals surface area contributed by atoms with Gasteiger partial charge in [-0.2, -0.15) is 0 Å². The van der Waals surface area contributed by atoms with Crippen LogP contribution in [-0.2, 0) is 0 Å². The summed E-state index contributed by atoms with van der Waals surface area (Å²) >= 11 is 0. The normalized spacial score (nSPS) is 11.4. The van der Waals surface area contributed by atoms with Crippen molar-refractivity contribution >= 4 is 43.6 Å². The lowest BCUT2D eigenvalue weighted by Crippen LogP contribution is -1.97. The molecule has 10 heteroatoms. The average molecular weight is 837 g/mol. The number of aryl methyl sites for hydroxylation is 2. The summed E-state index contributed by atoms with van der Waals surface area (Å²) in [4.78, 5) is 19.2. The number of pyridine rings is 2. The fourth-order valence-corrected chi connectivity index (χ4v) is 8.50. The molecule has 5 heterocycles. The van der Waals surface area contributed by atoms with Crippen LogP contribution in [0.3, 0.4) is 0 Å². The van der Waals surface area contributed by atoms with Crippen molar-refractivity contribution in [2.75, 3.05) is 14.2 Å². The summed E-state index contributed by atoms with van der Waals surface area (Å²) < 4.78 is 28.9. The highest BCUT2D eigenvalue weighted by molar-refractivity contribution is 6.10. The largest absolute Gasteiger partial charge is 0.497 e. The standard InChI is InChI=1S/C54H40N6O4/c1-33-17-19-55-53(21-33)59-49-11-7-5-9-43(49)45-15-13-37(29-51(45)59)63-41-25-35(23-39(27-41)61-3)47-31-58-48(32-57-47)36-24-40(62-4)28-42(26-36)64-38-14-16-46-44-10-6-8-12-50(44)60(52(46)30-38)54-22-34(2)18-20-56-54/h5-32H,1-4H3. The number of fused-ring (bicyclic) bond motifs is 6. The summed E-state index contributed by atoms with van der Waals surface area (Å²) in [5, 5.41) is 4.51. The molecule has 11 rings (SSSR count). The topological polar surface area (TPSA) is 98.3 Å². The van der Waals surface area contributed by atoms with Crippen molar-refractivity contribution in [3.05, 3.63) is 182 Å². The van der Waals surface area contributed by atoms with Crippen molar-refractivity contribution in [3.8, 4) is 68.6 Å². The zero-order chi connectivity index (χ0) is 43.3. The average Bonchev–Trinajstić information content (AvgIpc) is 3.83. The predicted molar refractivity (Wildman–Crippen MR) is 253 cm³/mol. The molecule has 0 N–H and O–H groups in total. The van der Waals surface area contributed by atoms with Gasteiger partial charge in [-0.25, -0.2) is 9.97 Å². The second-order valence-electron chi connectivity index (χ2n) is 15.7. The smallest absolute Gasteiger partial charge is 0.137 e.